The average molecular weight is 455 g/mol. The van der Waals surface area contributed by atoms with Crippen LogP contribution in [0, 0.1) is 6.92 Å². The molecule has 178 valence electrons. The topological polar surface area (TPSA) is 117 Å². The van der Waals surface area contributed by atoms with Gasteiger partial charge in [-0.3, -0.25) is 19.6 Å². The zero-order valence-corrected chi connectivity index (χ0v) is 20.1. The second-order valence-electron chi connectivity index (χ2n) is 7.18. The molecule has 0 spiro atoms. The fourth-order valence-corrected chi connectivity index (χ4v) is 3.35. The number of hydrogen-bond acceptors (Lipinski definition) is 5. The molecule has 0 saturated carbocycles. The Bertz CT molecular complexity index is 1130. The number of ether oxygens (including phenoxy) is 1. The molecule has 2 amide bonds. The summed E-state index contributed by atoms with van der Waals surface area (Å²) in [7, 11) is 0. The molecular weight excluding hydrogens is 420 g/mol. The highest BCUT2D eigenvalue weighted by atomic mass is 16.5. The molecule has 0 unspecified atom stereocenters. The number of amides is 2. The number of primary amides is 1. The third-order valence-electron chi connectivity index (χ3n) is 4.82. The van der Waals surface area contributed by atoms with E-state index in [4.69, 9.17) is 10.5 Å². The van der Waals surface area contributed by atoms with Crippen LogP contribution in [0.25, 0.3) is 11.0 Å². The lowest BCUT2D eigenvalue weighted by Crippen LogP contribution is -2.19. The first-order valence-electron chi connectivity index (χ1n) is 11.3. The number of carbonyl (C=O) groups excluding carboxylic acids is 2. The van der Waals surface area contributed by atoms with Gasteiger partial charge in [-0.25, -0.2) is 4.98 Å². The van der Waals surface area contributed by atoms with Crippen LogP contribution in [0.2, 0.25) is 0 Å². The minimum absolute atomic E-state index is 0.291. The number of anilines is 1. The first kappa shape index (κ1) is 25.6. The molecule has 1 aromatic carbocycles. The zero-order chi connectivity index (χ0) is 24.5. The Morgan fingerprint density at radius 1 is 1.24 bits per heavy atom. The lowest BCUT2D eigenvalue weighted by Gasteiger charge is -2.12. The predicted molar refractivity (Wildman–Crippen MR) is 131 cm³/mol. The van der Waals surface area contributed by atoms with E-state index in [1.165, 1.54) is 0 Å². The molecule has 2 aromatic heterocycles. The van der Waals surface area contributed by atoms with Gasteiger partial charge in [-0.15, -0.1) is 6.58 Å². The summed E-state index contributed by atoms with van der Waals surface area (Å²) < 4.78 is 9.38. The van der Waals surface area contributed by atoms with Crippen molar-refractivity contribution in [2.45, 2.75) is 60.5 Å². The average Bonchev–Trinajstić information content (AvgIpc) is 3.35. The number of hydrogen-bond donors (Lipinski definition) is 2. The maximum Gasteiger partial charge on any atom is 0.276 e. The van der Waals surface area contributed by atoms with Gasteiger partial charge in [0.15, 0.2) is 0 Å². The number of rotatable bonds is 10. The Hall–Kier alpha value is -3.62. The van der Waals surface area contributed by atoms with Gasteiger partial charge in [-0.1, -0.05) is 33.3 Å². The third kappa shape index (κ3) is 5.79. The largest absolute Gasteiger partial charge is 0.491 e. The summed E-state index contributed by atoms with van der Waals surface area (Å²) in [6, 6.07) is 4.94. The molecule has 0 bridgehead atoms. The molecule has 0 aliphatic carbocycles. The summed E-state index contributed by atoms with van der Waals surface area (Å²) in [6.45, 7) is 15.1. The van der Waals surface area contributed by atoms with E-state index >= 15 is 0 Å². The Morgan fingerprint density at radius 2 is 1.97 bits per heavy atom. The summed E-state index contributed by atoms with van der Waals surface area (Å²) in [4.78, 5) is 29.3. The van der Waals surface area contributed by atoms with Crippen LogP contribution in [0.5, 0.6) is 5.75 Å². The van der Waals surface area contributed by atoms with Gasteiger partial charge in [0.05, 0.1) is 17.8 Å². The van der Waals surface area contributed by atoms with Crippen LogP contribution in [0.1, 0.15) is 67.1 Å². The number of imidazole rings is 1. The van der Waals surface area contributed by atoms with Crippen LogP contribution in [-0.4, -0.2) is 37.8 Å². The summed E-state index contributed by atoms with van der Waals surface area (Å²) >= 11 is 0. The lowest BCUT2D eigenvalue weighted by molar-refractivity contribution is 0.0995. The maximum absolute atomic E-state index is 13.0. The van der Waals surface area contributed by atoms with Gasteiger partial charge in [0, 0.05) is 18.7 Å². The van der Waals surface area contributed by atoms with Gasteiger partial charge in [-0.2, -0.15) is 5.10 Å². The van der Waals surface area contributed by atoms with E-state index in [0.717, 1.165) is 18.5 Å². The molecule has 3 rings (SSSR count). The third-order valence-corrected chi connectivity index (χ3v) is 4.82. The number of unbranched alkanes of at least 4 members (excludes halogenated alkanes) is 1. The number of fused-ring (bicyclic) bond motifs is 1. The highest BCUT2D eigenvalue weighted by molar-refractivity contribution is 6.04. The number of carbonyl (C=O) groups is 2. The second-order valence-corrected chi connectivity index (χ2v) is 7.18. The summed E-state index contributed by atoms with van der Waals surface area (Å²) in [5.41, 5.74) is 8.15. The molecule has 2 heterocycles. The van der Waals surface area contributed by atoms with Gasteiger partial charge in [0.2, 0.25) is 11.9 Å². The first-order chi connectivity index (χ1) is 15.9. The highest BCUT2D eigenvalue weighted by Crippen LogP contribution is 2.31. The number of aromatic nitrogens is 4. The molecule has 0 atom stereocenters. The van der Waals surface area contributed by atoms with Crippen molar-refractivity contribution in [2.24, 2.45) is 5.73 Å². The first-order valence-corrected chi connectivity index (χ1v) is 11.3. The van der Waals surface area contributed by atoms with E-state index in [-0.39, 0.29) is 5.91 Å². The van der Waals surface area contributed by atoms with E-state index in [1.807, 2.05) is 27.7 Å². The van der Waals surface area contributed by atoms with Crippen LogP contribution in [0.4, 0.5) is 5.95 Å². The van der Waals surface area contributed by atoms with E-state index in [1.54, 1.807) is 33.5 Å². The van der Waals surface area contributed by atoms with Gasteiger partial charge in [-0.05, 0) is 38.5 Å². The molecule has 0 fully saturated rings. The van der Waals surface area contributed by atoms with Crippen molar-refractivity contribution in [1.82, 2.24) is 19.3 Å². The van der Waals surface area contributed by atoms with Crippen molar-refractivity contribution < 1.29 is 14.3 Å². The number of nitrogens with one attached hydrogen (secondary N) is 1. The van der Waals surface area contributed by atoms with Gasteiger partial charge < -0.3 is 15.0 Å². The van der Waals surface area contributed by atoms with Crippen molar-refractivity contribution >= 4 is 28.8 Å². The summed E-state index contributed by atoms with van der Waals surface area (Å²) in [5, 5.41) is 7.19. The molecule has 33 heavy (non-hydrogen) atoms. The number of nitrogens with two attached hydrogens (primary N) is 1. The zero-order valence-electron chi connectivity index (χ0n) is 20.1. The molecule has 9 heteroatoms. The monoisotopic (exact) mass is 454 g/mol. The predicted octanol–water partition coefficient (Wildman–Crippen LogP) is 4.30. The summed E-state index contributed by atoms with van der Waals surface area (Å²) in [5.74, 6) is -0.0903. The number of allylic oxidation sites excluding steroid dienone is 1. The number of aryl methyl sites for hydroxylation is 2. The highest BCUT2D eigenvalue weighted by Gasteiger charge is 2.21. The van der Waals surface area contributed by atoms with E-state index in [0.29, 0.717) is 53.7 Å². The minimum atomic E-state index is -0.576. The standard InChI is InChI=1S/C22H28N6O3.C2H6/c1-5-8-10-31-18-13-15(20(23)29)12-16-19(18)27(9-6-2)22(24-16)25-21(30)17-11-14(4)26-28(17)7-3;1-2/h6,11-13H,2,5,7-10H2,1,3-4H3,(H2,23,29)(H,24,25,30);1-2H3. The molecular formula is C24H34N6O3. The van der Waals surface area contributed by atoms with Crippen molar-refractivity contribution in [3.05, 3.63) is 47.8 Å². The van der Waals surface area contributed by atoms with Gasteiger partial charge in [0.1, 0.15) is 17.0 Å². The normalized spacial score (nSPS) is 10.5. The maximum atomic E-state index is 13.0. The molecule has 9 nitrogen and oxygen atoms in total. The lowest BCUT2D eigenvalue weighted by atomic mass is 10.1. The van der Waals surface area contributed by atoms with Crippen LogP contribution in [0.15, 0.2) is 30.9 Å². The number of benzene rings is 1. The Labute approximate surface area is 194 Å². The van der Waals surface area contributed by atoms with Gasteiger partial charge >= 0.3 is 0 Å². The fourth-order valence-electron chi connectivity index (χ4n) is 3.35. The minimum Gasteiger partial charge on any atom is -0.491 e. The van der Waals surface area contributed by atoms with Crippen molar-refractivity contribution in [3.63, 3.8) is 0 Å². The van der Waals surface area contributed by atoms with Crippen LogP contribution in [-0.2, 0) is 13.1 Å². The van der Waals surface area contributed by atoms with E-state index in [2.05, 4.69) is 28.9 Å². The Kier molecular flexibility index (Phi) is 9.20. The van der Waals surface area contributed by atoms with E-state index < -0.39 is 5.91 Å². The quantitative estimate of drug-likeness (QED) is 0.350. The molecule has 0 radical (unpaired) electrons. The fraction of sp³-hybridized carbons (Fsp3) is 0.417. The van der Waals surface area contributed by atoms with Crippen molar-refractivity contribution in [1.29, 1.82) is 0 Å². The Morgan fingerprint density at radius 3 is 2.58 bits per heavy atom. The van der Waals surface area contributed by atoms with Crippen LogP contribution < -0.4 is 15.8 Å². The Balaban J connectivity index is 0.00000187. The SMILES string of the molecule is C=CCn1c(NC(=O)c2cc(C)nn2CC)nc2cc(C(N)=O)cc(OCCCC)c21.CC. The van der Waals surface area contributed by atoms with E-state index in [9.17, 15) is 9.59 Å². The molecule has 0 aliphatic rings. The van der Waals surface area contributed by atoms with Gasteiger partial charge in [0.25, 0.3) is 5.91 Å². The summed E-state index contributed by atoms with van der Waals surface area (Å²) in [6.07, 6.45) is 3.54. The molecule has 3 aromatic rings. The molecule has 0 saturated heterocycles. The van der Waals surface area contributed by atoms with Crippen molar-refractivity contribution in [3.8, 4) is 5.75 Å². The van der Waals surface area contributed by atoms with Crippen LogP contribution >= 0.6 is 0 Å². The van der Waals surface area contributed by atoms with Crippen LogP contribution in [0.3, 0.4) is 0 Å². The number of nitrogens with zero attached hydrogens (tertiary/aromatic N) is 4. The second kappa shape index (κ2) is 11.8. The molecule has 0 aliphatic heterocycles. The molecule has 3 N–H and O–H groups in total. The smallest absolute Gasteiger partial charge is 0.276 e. The van der Waals surface area contributed by atoms with Crippen molar-refractivity contribution in [2.75, 3.05) is 11.9 Å².